The molecule has 0 saturated heterocycles. The Morgan fingerprint density at radius 1 is 0.328 bits per heavy atom. The lowest BCUT2D eigenvalue weighted by Gasteiger charge is -2.08. The van der Waals surface area contributed by atoms with Crippen molar-refractivity contribution in [3.8, 4) is 11.4 Å². The van der Waals surface area contributed by atoms with Crippen LogP contribution in [-0.2, 0) is 25.7 Å². The molecule has 6 aromatic carbocycles. The number of benzene rings is 6. The van der Waals surface area contributed by atoms with E-state index in [9.17, 15) is 0 Å². The first-order valence-corrected chi connectivity index (χ1v) is 22.2. The maximum absolute atomic E-state index is 4.40. The lowest BCUT2D eigenvalue weighted by Crippen LogP contribution is -2.09. The topological polar surface area (TPSA) is 62.7 Å². The van der Waals surface area contributed by atoms with Crippen molar-refractivity contribution in [2.24, 2.45) is 0 Å². The third kappa shape index (κ3) is 25.2. The Bertz CT molecular complexity index is 1810. The summed E-state index contributed by atoms with van der Waals surface area (Å²) in [7, 11) is 0. The molecule has 5 nitrogen and oxygen atoms in total. The highest BCUT2D eigenvalue weighted by Gasteiger charge is 2.07. The number of hydrogen-bond donors (Lipinski definition) is 2. The molecule has 0 unspecified atom stereocenters. The van der Waals surface area contributed by atoms with Crippen molar-refractivity contribution in [1.29, 1.82) is 0 Å². The van der Waals surface area contributed by atoms with E-state index in [1.54, 1.807) is 0 Å². The summed E-state index contributed by atoms with van der Waals surface area (Å²) in [5, 5.41) is 6.23. The number of nitrogens with zero attached hydrogens (tertiary/aromatic N) is 3. The van der Waals surface area contributed by atoms with Crippen LogP contribution in [0.4, 0.5) is 11.9 Å². The summed E-state index contributed by atoms with van der Waals surface area (Å²) in [6, 6.07) is 58.3. The average molecular weight is 818 g/mol. The second-order valence-electron chi connectivity index (χ2n) is 13.7. The summed E-state index contributed by atoms with van der Waals surface area (Å²) in [5.74, 6) is 1.88. The molecular weight excluding hydrogens is 743 g/mol. The van der Waals surface area contributed by atoms with E-state index < -0.39 is 0 Å². The number of nitrogens with one attached hydrogen (secondary N) is 2. The van der Waals surface area contributed by atoms with Gasteiger partial charge in [0.25, 0.3) is 0 Å². The smallest absolute Gasteiger partial charge is 0.228 e. The van der Waals surface area contributed by atoms with Crippen LogP contribution in [0.25, 0.3) is 11.4 Å². The minimum atomic E-state index is 0.599. The van der Waals surface area contributed by atoms with E-state index in [1.807, 2.05) is 113 Å². The van der Waals surface area contributed by atoms with Crippen molar-refractivity contribution in [3.63, 3.8) is 0 Å². The Kier molecular flexibility index (Phi) is 30.2. The van der Waals surface area contributed by atoms with Crippen LogP contribution in [0.2, 0.25) is 0 Å². The molecule has 0 aliphatic rings. The van der Waals surface area contributed by atoms with Gasteiger partial charge in [0, 0.05) is 18.7 Å². The van der Waals surface area contributed by atoms with Crippen LogP contribution >= 0.6 is 0 Å². The Morgan fingerprint density at radius 2 is 0.574 bits per heavy atom. The van der Waals surface area contributed by atoms with E-state index >= 15 is 0 Å². The van der Waals surface area contributed by atoms with Gasteiger partial charge in [-0.3, -0.25) is 0 Å². The Morgan fingerprint density at radius 3 is 0.770 bits per heavy atom. The minimum Gasteiger partial charge on any atom is -0.354 e. The fourth-order valence-electron chi connectivity index (χ4n) is 5.19. The van der Waals surface area contributed by atoms with Gasteiger partial charge in [-0.2, -0.15) is 15.0 Å². The molecule has 61 heavy (non-hydrogen) atoms. The predicted octanol–water partition coefficient (Wildman–Crippen LogP) is 15.0. The standard InChI is InChI=1S/C13H17N5.2C10H14.3C7H8.C2H6/c1-3-14-12-16-11(10-8-6-5-7-9-10)17-13(18-12)15-4-2;2*1-3-9-5-7-10(4-2)8-6-9;3*1-7-5-3-2-4-6-7;1-2/h5-9H,3-4H2,1-2H3,(H2,14,15,16,17,18);2*5-8H,3-4H2,1-2H3;3*2-6H,1H3;1-2H3. The first kappa shape index (κ1) is 52.9. The van der Waals surface area contributed by atoms with Crippen LogP contribution in [0.15, 0.2) is 170 Å². The quantitative estimate of drug-likeness (QED) is 0.152. The van der Waals surface area contributed by atoms with Crippen LogP contribution in [0.3, 0.4) is 0 Å². The molecule has 2 N–H and O–H groups in total. The molecule has 0 aliphatic heterocycles. The molecule has 0 atom stereocenters. The highest BCUT2D eigenvalue weighted by atomic mass is 15.2. The van der Waals surface area contributed by atoms with Crippen molar-refractivity contribution in [2.75, 3.05) is 23.7 Å². The zero-order chi connectivity index (χ0) is 44.9. The summed E-state index contributed by atoms with van der Waals surface area (Å²) >= 11 is 0. The molecule has 0 aliphatic carbocycles. The van der Waals surface area contributed by atoms with Gasteiger partial charge in [0.05, 0.1) is 0 Å². The molecule has 0 radical (unpaired) electrons. The number of aryl methyl sites for hydroxylation is 7. The monoisotopic (exact) mass is 818 g/mol. The molecular formula is C56H75N5. The summed E-state index contributed by atoms with van der Waals surface area (Å²) < 4.78 is 0. The van der Waals surface area contributed by atoms with Gasteiger partial charge < -0.3 is 10.6 Å². The molecule has 0 amide bonds. The van der Waals surface area contributed by atoms with E-state index in [0.29, 0.717) is 17.7 Å². The van der Waals surface area contributed by atoms with Crippen molar-refractivity contribution in [3.05, 3.63) is 209 Å². The third-order valence-electron chi connectivity index (χ3n) is 8.84. The average Bonchev–Trinajstić information content (AvgIpc) is 3.32. The minimum absolute atomic E-state index is 0.599. The highest BCUT2D eigenvalue weighted by molar-refractivity contribution is 5.57. The Hall–Kier alpha value is -6.07. The maximum Gasteiger partial charge on any atom is 0.228 e. The largest absolute Gasteiger partial charge is 0.354 e. The van der Waals surface area contributed by atoms with Gasteiger partial charge in [0.2, 0.25) is 11.9 Å². The lowest BCUT2D eigenvalue weighted by atomic mass is 10.1. The molecule has 5 heteroatoms. The molecule has 0 spiro atoms. The number of hydrogen-bond acceptors (Lipinski definition) is 5. The molecule has 1 aromatic heterocycles. The molecule has 324 valence electrons. The summed E-state index contributed by atoms with van der Waals surface area (Å²) in [6.07, 6.45) is 4.57. The van der Waals surface area contributed by atoms with Gasteiger partial charge in [0.15, 0.2) is 5.82 Å². The van der Waals surface area contributed by atoms with Crippen LogP contribution in [0.1, 0.15) is 94.3 Å². The second kappa shape index (κ2) is 34.8. The SMILES string of the molecule is CC.CCNc1nc(NCC)nc(-c2ccccc2)n1.CCc1ccc(CC)cc1.CCc1ccc(CC)cc1.Cc1ccccc1.Cc1ccccc1.Cc1ccccc1. The van der Waals surface area contributed by atoms with Gasteiger partial charge >= 0.3 is 0 Å². The van der Waals surface area contributed by atoms with Gasteiger partial charge in [-0.05, 0) is 82.6 Å². The van der Waals surface area contributed by atoms with Gasteiger partial charge in [-0.15, -0.1) is 0 Å². The molecule has 0 fully saturated rings. The molecule has 0 saturated carbocycles. The van der Waals surface area contributed by atoms with Crippen LogP contribution in [-0.4, -0.2) is 28.0 Å². The van der Waals surface area contributed by atoms with Gasteiger partial charge in [0.1, 0.15) is 0 Å². The van der Waals surface area contributed by atoms with Crippen molar-refractivity contribution in [2.45, 2.75) is 102 Å². The zero-order valence-corrected chi connectivity index (χ0v) is 39.3. The van der Waals surface area contributed by atoms with E-state index in [-0.39, 0.29) is 0 Å². The van der Waals surface area contributed by atoms with Crippen molar-refractivity contribution < 1.29 is 0 Å². The van der Waals surface area contributed by atoms with Crippen molar-refractivity contribution >= 4 is 11.9 Å². The molecule has 7 rings (SSSR count). The number of aromatic nitrogens is 3. The zero-order valence-electron chi connectivity index (χ0n) is 39.3. The van der Waals surface area contributed by atoms with E-state index in [0.717, 1.165) is 44.3 Å². The molecule has 7 aromatic rings. The predicted molar refractivity (Wildman–Crippen MR) is 269 cm³/mol. The normalized spacial score (nSPS) is 9.30. The number of rotatable bonds is 9. The first-order chi connectivity index (χ1) is 29.7. The Balaban J connectivity index is 0.000000378. The second-order valence-corrected chi connectivity index (χ2v) is 13.7. The highest BCUT2D eigenvalue weighted by Crippen LogP contribution is 2.17. The Labute approximate surface area is 371 Å². The lowest BCUT2D eigenvalue weighted by molar-refractivity contribution is 1.01. The third-order valence-corrected chi connectivity index (χ3v) is 8.84. The van der Waals surface area contributed by atoms with E-state index in [1.165, 1.54) is 38.9 Å². The van der Waals surface area contributed by atoms with Gasteiger partial charge in [-0.25, -0.2) is 0 Å². The summed E-state index contributed by atoms with van der Waals surface area (Å²) in [6.45, 7) is 24.6. The van der Waals surface area contributed by atoms with Gasteiger partial charge in [-0.1, -0.05) is 228 Å². The van der Waals surface area contributed by atoms with E-state index in [2.05, 4.69) is 159 Å². The van der Waals surface area contributed by atoms with Crippen LogP contribution in [0.5, 0.6) is 0 Å². The van der Waals surface area contributed by atoms with Crippen LogP contribution in [0, 0.1) is 20.8 Å². The number of anilines is 2. The summed E-state index contributed by atoms with van der Waals surface area (Å²) in [5.41, 5.74) is 10.7. The van der Waals surface area contributed by atoms with Crippen LogP contribution < -0.4 is 10.6 Å². The molecule has 0 bridgehead atoms. The fourth-order valence-corrected chi connectivity index (χ4v) is 5.19. The summed E-state index contributed by atoms with van der Waals surface area (Å²) in [4.78, 5) is 13.1. The van der Waals surface area contributed by atoms with Crippen molar-refractivity contribution in [1.82, 2.24) is 15.0 Å². The molecule has 1 heterocycles. The maximum atomic E-state index is 4.40. The fraction of sp³-hybridized carbons (Fsp3) is 0.304. The first-order valence-electron chi connectivity index (χ1n) is 22.2. The van der Waals surface area contributed by atoms with E-state index in [4.69, 9.17) is 0 Å².